The van der Waals surface area contributed by atoms with E-state index in [-0.39, 0.29) is 22.7 Å². The molecule has 0 spiro atoms. The number of hydrogen-bond donors (Lipinski definition) is 0. The van der Waals surface area contributed by atoms with Gasteiger partial charge in [0.05, 0.1) is 17.0 Å². The minimum atomic E-state index is -3.07. The van der Waals surface area contributed by atoms with Gasteiger partial charge in [-0.25, -0.2) is 8.42 Å². The van der Waals surface area contributed by atoms with Crippen molar-refractivity contribution in [1.82, 2.24) is 9.78 Å². The Morgan fingerprint density at radius 3 is 2.59 bits per heavy atom. The third-order valence-corrected chi connectivity index (χ3v) is 4.40. The highest BCUT2D eigenvalue weighted by Crippen LogP contribution is 2.28. The Kier molecular flexibility index (Phi) is 2.54. The van der Waals surface area contributed by atoms with Crippen molar-refractivity contribution in [3.05, 3.63) is 17.0 Å². The number of nitriles is 1. The molecule has 5 nitrogen and oxygen atoms in total. The van der Waals surface area contributed by atoms with Crippen molar-refractivity contribution >= 4 is 9.84 Å². The summed E-state index contributed by atoms with van der Waals surface area (Å²) < 4.78 is 25.0. The second kappa shape index (κ2) is 3.57. The molecule has 1 aliphatic heterocycles. The summed E-state index contributed by atoms with van der Waals surface area (Å²) in [5.41, 5.74) is 1.50. The molecule has 1 aromatic heterocycles. The molecule has 6 heteroatoms. The first-order valence-corrected chi connectivity index (χ1v) is 7.28. The molecular weight excluding hydrogens is 238 g/mol. The molecule has 0 radical (unpaired) electrons. The number of nitrogens with zero attached hydrogens (tertiary/aromatic N) is 3. The zero-order valence-corrected chi connectivity index (χ0v) is 11.0. The SMILES string of the molecule is CC(C)(C)n1nc(C#N)c2c1CCS(=O)(=O)C2. The molecule has 0 N–H and O–H groups in total. The number of sulfone groups is 1. The second-order valence-electron chi connectivity index (χ2n) is 5.31. The van der Waals surface area contributed by atoms with Gasteiger partial charge in [0, 0.05) is 17.7 Å². The average molecular weight is 253 g/mol. The highest BCUT2D eigenvalue weighted by Gasteiger charge is 2.31. The fourth-order valence-corrected chi connectivity index (χ4v) is 3.47. The third-order valence-electron chi connectivity index (χ3n) is 2.85. The lowest BCUT2D eigenvalue weighted by Crippen LogP contribution is -2.28. The Balaban J connectivity index is 2.65. The normalized spacial score (nSPS) is 18.5. The summed E-state index contributed by atoms with van der Waals surface area (Å²) in [5.74, 6) is 0.0912. The van der Waals surface area contributed by atoms with Gasteiger partial charge in [-0.1, -0.05) is 0 Å². The van der Waals surface area contributed by atoms with Crippen LogP contribution in [0.25, 0.3) is 0 Å². The lowest BCUT2D eigenvalue weighted by Gasteiger charge is -2.24. The van der Waals surface area contributed by atoms with E-state index in [4.69, 9.17) is 5.26 Å². The molecule has 0 saturated heterocycles. The second-order valence-corrected chi connectivity index (χ2v) is 7.49. The highest BCUT2D eigenvalue weighted by atomic mass is 32.2. The zero-order chi connectivity index (χ0) is 12.8. The summed E-state index contributed by atoms with van der Waals surface area (Å²) in [6.07, 6.45) is 0.448. The van der Waals surface area contributed by atoms with Crippen molar-refractivity contribution in [2.24, 2.45) is 0 Å². The maximum absolute atomic E-state index is 11.6. The van der Waals surface area contributed by atoms with E-state index in [1.54, 1.807) is 4.68 Å². The van der Waals surface area contributed by atoms with E-state index >= 15 is 0 Å². The maximum Gasteiger partial charge on any atom is 0.167 e. The minimum absolute atomic E-state index is 0.0543. The largest absolute Gasteiger partial charge is 0.263 e. The highest BCUT2D eigenvalue weighted by molar-refractivity contribution is 7.90. The summed E-state index contributed by atoms with van der Waals surface area (Å²) in [5, 5.41) is 13.3. The van der Waals surface area contributed by atoms with E-state index in [0.29, 0.717) is 12.0 Å². The van der Waals surface area contributed by atoms with E-state index in [1.807, 2.05) is 26.8 Å². The van der Waals surface area contributed by atoms with E-state index in [0.717, 1.165) is 5.69 Å². The summed E-state index contributed by atoms with van der Waals surface area (Å²) in [6.45, 7) is 5.97. The molecule has 0 bridgehead atoms. The molecule has 0 amide bonds. The van der Waals surface area contributed by atoms with Gasteiger partial charge < -0.3 is 0 Å². The van der Waals surface area contributed by atoms with Crippen LogP contribution in [-0.4, -0.2) is 24.0 Å². The van der Waals surface area contributed by atoms with Crippen LogP contribution < -0.4 is 0 Å². The van der Waals surface area contributed by atoms with Crippen molar-refractivity contribution in [3.63, 3.8) is 0 Å². The van der Waals surface area contributed by atoms with Crippen LogP contribution in [0.4, 0.5) is 0 Å². The third kappa shape index (κ3) is 2.07. The smallest absolute Gasteiger partial charge is 0.167 e. The first kappa shape index (κ1) is 12.1. The molecule has 0 atom stereocenters. The summed E-state index contributed by atoms with van der Waals surface area (Å²) >= 11 is 0. The van der Waals surface area contributed by atoms with E-state index in [9.17, 15) is 8.42 Å². The van der Waals surface area contributed by atoms with E-state index in [1.165, 1.54) is 0 Å². The molecule has 0 unspecified atom stereocenters. The molecule has 92 valence electrons. The Morgan fingerprint density at radius 2 is 2.06 bits per heavy atom. The Hall–Kier alpha value is -1.35. The van der Waals surface area contributed by atoms with Gasteiger partial charge in [-0.2, -0.15) is 10.4 Å². The van der Waals surface area contributed by atoms with Crippen molar-refractivity contribution in [2.45, 2.75) is 38.5 Å². The fraction of sp³-hybridized carbons (Fsp3) is 0.636. The summed E-state index contributed by atoms with van der Waals surface area (Å²) in [7, 11) is -3.07. The molecule has 1 aromatic rings. The average Bonchev–Trinajstić information content (AvgIpc) is 2.53. The maximum atomic E-state index is 11.6. The Labute approximate surface area is 101 Å². The topological polar surface area (TPSA) is 75.8 Å². The summed E-state index contributed by atoms with van der Waals surface area (Å²) in [6, 6.07) is 1.99. The van der Waals surface area contributed by atoms with Gasteiger partial charge in [-0.3, -0.25) is 4.68 Å². The van der Waals surface area contributed by atoms with Crippen molar-refractivity contribution in [3.8, 4) is 6.07 Å². The van der Waals surface area contributed by atoms with Gasteiger partial charge >= 0.3 is 0 Å². The first-order valence-electron chi connectivity index (χ1n) is 5.46. The van der Waals surface area contributed by atoms with Crippen LogP contribution in [-0.2, 0) is 27.5 Å². The standard InChI is InChI=1S/C11H15N3O2S/c1-11(2,3)14-10-4-5-17(15,16)7-8(10)9(6-12)13-14/h4-5,7H2,1-3H3. The quantitative estimate of drug-likeness (QED) is 0.690. The number of fused-ring (bicyclic) bond motifs is 1. The lowest BCUT2D eigenvalue weighted by molar-refractivity contribution is 0.343. The molecule has 0 aliphatic carbocycles. The van der Waals surface area contributed by atoms with Crippen molar-refractivity contribution in [2.75, 3.05) is 5.75 Å². The number of rotatable bonds is 0. The molecule has 2 heterocycles. The van der Waals surface area contributed by atoms with Gasteiger partial charge in [0.15, 0.2) is 15.5 Å². The number of hydrogen-bond acceptors (Lipinski definition) is 4. The lowest BCUT2D eigenvalue weighted by atomic mass is 10.1. The van der Waals surface area contributed by atoms with Crippen LogP contribution >= 0.6 is 0 Å². The van der Waals surface area contributed by atoms with Crippen LogP contribution in [0.1, 0.15) is 37.7 Å². The van der Waals surface area contributed by atoms with Gasteiger partial charge in [0.2, 0.25) is 0 Å². The van der Waals surface area contributed by atoms with E-state index < -0.39 is 9.84 Å². The fourth-order valence-electron chi connectivity index (χ4n) is 2.08. The van der Waals surface area contributed by atoms with Crippen LogP contribution in [0.2, 0.25) is 0 Å². The van der Waals surface area contributed by atoms with Crippen LogP contribution in [0.5, 0.6) is 0 Å². The van der Waals surface area contributed by atoms with Crippen molar-refractivity contribution in [1.29, 1.82) is 5.26 Å². The molecule has 0 saturated carbocycles. The van der Waals surface area contributed by atoms with Gasteiger partial charge in [-0.05, 0) is 20.8 Å². The van der Waals surface area contributed by atoms with E-state index in [2.05, 4.69) is 5.10 Å². The molecule has 17 heavy (non-hydrogen) atoms. The molecule has 2 rings (SSSR count). The van der Waals surface area contributed by atoms with Crippen LogP contribution in [0.3, 0.4) is 0 Å². The van der Waals surface area contributed by atoms with Crippen molar-refractivity contribution < 1.29 is 8.42 Å². The molecular formula is C11H15N3O2S. The molecule has 0 aromatic carbocycles. The first-order chi connectivity index (χ1) is 7.74. The van der Waals surface area contributed by atoms with Crippen LogP contribution in [0, 0.1) is 11.3 Å². The summed E-state index contributed by atoms with van der Waals surface area (Å²) in [4.78, 5) is 0. The molecule has 0 fully saturated rings. The predicted octanol–water partition coefficient (Wildman–Crippen LogP) is 0.981. The minimum Gasteiger partial charge on any atom is -0.263 e. The number of aromatic nitrogens is 2. The van der Waals surface area contributed by atoms with Gasteiger partial charge in [0.1, 0.15) is 6.07 Å². The predicted molar refractivity (Wildman–Crippen MR) is 63.1 cm³/mol. The van der Waals surface area contributed by atoms with Crippen LogP contribution in [0.15, 0.2) is 0 Å². The zero-order valence-electron chi connectivity index (χ0n) is 10.2. The van der Waals surface area contributed by atoms with Gasteiger partial charge in [0.25, 0.3) is 0 Å². The Morgan fingerprint density at radius 1 is 1.41 bits per heavy atom. The van der Waals surface area contributed by atoms with Gasteiger partial charge in [-0.15, -0.1) is 0 Å². The monoisotopic (exact) mass is 253 g/mol. The Bertz CT molecular complexity index is 600. The molecule has 1 aliphatic rings.